The van der Waals surface area contributed by atoms with E-state index in [1.54, 1.807) is 42.5 Å². The smallest absolute Gasteiger partial charge is 0.339 e. The molecule has 8 heteroatoms. The summed E-state index contributed by atoms with van der Waals surface area (Å²) < 4.78 is 11.3. The fourth-order valence-corrected chi connectivity index (χ4v) is 3.15. The quantitative estimate of drug-likeness (QED) is 0.689. The van der Waals surface area contributed by atoms with Crippen molar-refractivity contribution in [3.8, 4) is 17.3 Å². The Hall–Kier alpha value is -3.81. The summed E-state index contributed by atoms with van der Waals surface area (Å²) in [6, 6.07) is 12.9. The molecule has 4 rings (SSSR count). The van der Waals surface area contributed by atoms with Crippen LogP contribution in [-0.2, 0) is 4.74 Å². The Morgan fingerprint density at radius 3 is 2.56 bits per heavy atom. The average molecular weight is 365 g/mol. The van der Waals surface area contributed by atoms with Gasteiger partial charge in [-0.25, -0.2) is 9.59 Å². The lowest BCUT2D eigenvalue weighted by atomic mass is 10.0. The number of benzene rings is 2. The number of hydrogen-bond acceptors (Lipinski definition) is 6. The molecule has 2 aromatic carbocycles. The van der Waals surface area contributed by atoms with E-state index in [4.69, 9.17) is 9.47 Å². The summed E-state index contributed by atoms with van der Waals surface area (Å²) in [6.07, 6.45) is -1.19. The Kier molecular flexibility index (Phi) is 3.80. The number of hydrogen-bond donors (Lipinski definition) is 1. The first-order chi connectivity index (χ1) is 13.0. The van der Waals surface area contributed by atoms with Gasteiger partial charge in [0.25, 0.3) is 5.56 Å². The molecule has 0 fully saturated rings. The largest absolute Gasteiger partial charge is 0.859 e. The van der Waals surface area contributed by atoms with Gasteiger partial charge in [-0.3, -0.25) is 14.3 Å². The highest BCUT2D eigenvalue weighted by Crippen LogP contribution is 2.37. The number of rotatable bonds is 3. The van der Waals surface area contributed by atoms with Crippen LogP contribution in [0.5, 0.6) is 11.6 Å². The van der Waals surface area contributed by atoms with Gasteiger partial charge in [0.2, 0.25) is 0 Å². The summed E-state index contributed by atoms with van der Waals surface area (Å²) >= 11 is 0. The molecule has 0 aliphatic carbocycles. The maximum absolute atomic E-state index is 13.1. The molecule has 0 radical (unpaired) electrons. The van der Waals surface area contributed by atoms with E-state index < -0.39 is 29.2 Å². The van der Waals surface area contributed by atoms with E-state index in [0.29, 0.717) is 5.56 Å². The number of aromatic nitrogens is 2. The molecule has 0 saturated carbocycles. The zero-order chi connectivity index (χ0) is 19.1. The molecule has 1 N–H and O–H groups in total. The second-order valence-electron chi connectivity index (χ2n) is 5.86. The normalized spacial score (nSPS) is 15.3. The van der Waals surface area contributed by atoms with Gasteiger partial charge in [0.05, 0.1) is 23.9 Å². The fraction of sp³-hybridized carbons (Fsp3) is 0.105. The standard InChI is InChI=1S/C19H14N2O6/c1-26-13-9-5-4-8-12(13)21-17(23)14(16(22)20-19(21)25)15-10-6-2-3-7-11(10)18(24)27-15/h2-9,15,23H,1H3,(H,20,22,25)/p-1. The molecule has 136 valence electrons. The van der Waals surface area contributed by atoms with Gasteiger partial charge in [-0.1, -0.05) is 30.3 Å². The molecule has 1 aliphatic rings. The lowest BCUT2D eigenvalue weighted by molar-refractivity contribution is -0.280. The van der Waals surface area contributed by atoms with E-state index in [1.807, 2.05) is 0 Å². The molecule has 1 aromatic heterocycles. The third-order valence-electron chi connectivity index (χ3n) is 4.38. The zero-order valence-corrected chi connectivity index (χ0v) is 14.1. The van der Waals surface area contributed by atoms with E-state index in [9.17, 15) is 19.5 Å². The first-order valence-electron chi connectivity index (χ1n) is 8.02. The molecule has 1 atom stereocenters. The highest BCUT2D eigenvalue weighted by atomic mass is 16.5. The van der Waals surface area contributed by atoms with Gasteiger partial charge in [0, 0.05) is 5.56 Å². The molecule has 0 amide bonds. The maximum atomic E-state index is 13.1. The van der Waals surface area contributed by atoms with Gasteiger partial charge in [0.15, 0.2) is 6.10 Å². The first kappa shape index (κ1) is 16.6. The maximum Gasteiger partial charge on any atom is 0.339 e. The van der Waals surface area contributed by atoms with Crippen molar-refractivity contribution in [3.63, 3.8) is 0 Å². The van der Waals surface area contributed by atoms with E-state index in [2.05, 4.69) is 4.98 Å². The number of ether oxygens (including phenoxy) is 2. The van der Waals surface area contributed by atoms with Crippen molar-refractivity contribution < 1.29 is 19.4 Å². The average Bonchev–Trinajstić information content (AvgIpc) is 2.99. The summed E-state index contributed by atoms with van der Waals surface area (Å²) in [5.41, 5.74) is -1.31. The molecule has 8 nitrogen and oxygen atoms in total. The highest BCUT2D eigenvalue weighted by molar-refractivity contribution is 5.94. The predicted octanol–water partition coefficient (Wildman–Crippen LogP) is 0.868. The molecule has 3 aromatic rings. The first-order valence-corrected chi connectivity index (χ1v) is 8.02. The van der Waals surface area contributed by atoms with Crippen LogP contribution in [0.15, 0.2) is 58.1 Å². The SMILES string of the molecule is COc1ccccc1-n1c([O-])c(C2OC(=O)c3ccccc32)c(=O)[nH]c1=O. The van der Waals surface area contributed by atoms with Crippen molar-refractivity contribution in [2.75, 3.05) is 7.11 Å². The number of aromatic amines is 1. The zero-order valence-electron chi connectivity index (χ0n) is 14.1. The van der Waals surface area contributed by atoms with Crippen LogP contribution in [0.4, 0.5) is 0 Å². The molecular formula is C19H13N2O6-. The van der Waals surface area contributed by atoms with Crippen LogP contribution < -0.4 is 21.1 Å². The van der Waals surface area contributed by atoms with Crippen molar-refractivity contribution in [1.29, 1.82) is 0 Å². The summed E-state index contributed by atoms with van der Waals surface area (Å²) in [5.74, 6) is -1.23. The van der Waals surface area contributed by atoms with Gasteiger partial charge >= 0.3 is 11.7 Å². The molecule has 0 bridgehead atoms. The second kappa shape index (κ2) is 6.17. The third-order valence-corrected chi connectivity index (χ3v) is 4.38. The van der Waals surface area contributed by atoms with Gasteiger partial charge in [0.1, 0.15) is 5.75 Å². The number of para-hydroxylation sites is 2. The van der Waals surface area contributed by atoms with Crippen LogP contribution in [-0.4, -0.2) is 22.6 Å². The van der Waals surface area contributed by atoms with Crippen LogP contribution in [0.1, 0.15) is 27.6 Å². The van der Waals surface area contributed by atoms with Crippen molar-refractivity contribution in [2.45, 2.75) is 6.10 Å². The number of nitrogens with one attached hydrogen (secondary N) is 1. The lowest BCUT2D eigenvalue weighted by Gasteiger charge is -2.23. The minimum absolute atomic E-state index is 0.171. The summed E-state index contributed by atoms with van der Waals surface area (Å²) in [4.78, 5) is 39.0. The summed E-state index contributed by atoms with van der Waals surface area (Å²) in [6.45, 7) is 0. The van der Waals surface area contributed by atoms with Gasteiger partial charge < -0.3 is 14.6 Å². The van der Waals surface area contributed by atoms with Crippen LogP contribution in [0.2, 0.25) is 0 Å². The molecular weight excluding hydrogens is 352 g/mol. The molecule has 0 spiro atoms. The summed E-state index contributed by atoms with van der Waals surface area (Å²) in [7, 11) is 1.40. The van der Waals surface area contributed by atoms with Crippen molar-refractivity contribution in [3.05, 3.63) is 86.1 Å². The number of esters is 1. The van der Waals surface area contributed by atoms with E-state index in [0.717, 1.165) is 4.57 Å². The number of fused-ring (bicyclic) bond motifs is 1. The van der Waals surface area contributed by atoms with Gasteiger partial charge in [-0.05, 0) is 24.1 Å². The number of H-pyrrole nitrogens is 1. The van der Waals surface area contributed by atoms with E-state index in [-0.39, 0.29) is 22.6 Å². The van der Waals surface area contributed by atoms with Crippen LogP contribution >= 0.6 is 0 Å². The minimum atomic E-state index is -1.19. The van der Waals surface area contributed by atoms with Gasteiger partial charge in [-0.2, -0.15) is 0 Å². The number of nitrogens with zero attached hydrogens (tertiary/aromatic N) is 1. The minimum Gasteiger partial charge on any atom is -0.859 e. The lowest BCUT2D eigenvalue weighted by Crippen LogP contribution is -2.35. The Morgan fingerprint density at radius 1 is 1.07 bits per heavy atom. The Bertz CT molecular complexity index is 1180. The number of carbonyl (C=O) groups is 1. The van der Waals surface area contributed by atoms with Crippen LogP contribution in [0.3, 0.4) is 0 Å². The Morgan fingerprint density at radius 2 is 1.78 bits per heavy atom. The predicted molar refractivity (Wildman–Crippen MR) is 92.4 cm³/mol. The van der Waals surface area contributed by atoms with E-state index >= 15 is 0 Å². The highest BCUT2D eigenvalue weighted by Gasteiger charge is 2.34. The molecule has 1 unspecified atom stereocenters. The molecule has 1 aliphatic heterocycles. The summed E-state index contributed by atoms with van der Waals surface area (Å²) in [5, 5.41) is 13.1. The third kappa shape index (κ3) is 2.50. The number of methoxy groups -OCH3 is 1. The van der Waals surface area contributed by atoms with E-state index in [1.165, 1.54) is 13.2 Å². The molecule has 27 heavy (non-hydrogen) atoms. The fourth-order valence-electron chi connectivity index (χ4n) is 3.15. The Balaban J connectivity index is 1.99. The van der Waals surface area contributed by atoms with Crippen LogP contribution in [0, 0.1) is 0 Å². The van der Waals surface area contributed by atoms with Crippen molar-refractivity contribution in [1.82, 2.24) is 9.55 Å². The topological polar surface area (TPSA) is 113 Å². The Labute approximate surface area is 152 Å². The number of cyclic esters (lactones) is 1. The number of carbonyl (C=O) groups excluding carboxylic acids is 1. The monoisotopic (exact) mass is 365 g/mol. The molecule has 2 heterocycles. The second-order valence-corrected chi connectivity index (χ2v) is 5.86. The van der Waals surface area contributed by atoms with Crippen molar-refractivity contribution >= 4 is 5.97 Å². The van der Waals surface area contributed by atoms with Crippen LogP contribution in [0.25, 0.3) is 5.69 Å². The molecule has 0 saturated heterocycles. The van der Waals surface area contributed by atoms with Crippen molar-refractivity contribution in [2.24, 2.45) is 0 Å². The van der Waals surface area contributed by atoms with Gasteiger partial charge in [-0.15, -0.1) is 0 Å².